The van der Waals surface area contributed by atoms with E-state index in [0.29, 0.717) is 36.1 Å². The van der Waals surface area contributed by atoms with E-state index >= 15 is 0 Å². The second-order valence-corrected chi connectivity index (χ2v) is 20.3. The molecule has 1 heterocycles. The third-order valence-electron chi connectivity index (χ3n) is 11.6. The lowest BCUT2D eigenvalue weighted by atomic mass is 10.0. The Hall–Kier alpha value is -1.81. The highest BCUT2D eigenvalue weighted by atomic mass is 31.2. The van der Waals surface area contributed by atoms with Gasteiger partial charge in [0.15, 0.2) is 6.10 Å². The lowest BCUT2D eigenvalue weighted by Gasteiger charge is -2.28. The molecule has 63 heavy (non-hydrogen) atoms. The van der Waals surface area contributed by atoms with Gasteiger partial charge in [-0.25, -0.2) is 0 Å². The Labute approximate surface area is 386 Å². The van der Waals surface area contributed by atoms with Gasteiger partial charge < -0.3 is 32.6 Å². The molecule has 1 saturated heterocycles. The Bertz CT molecular complexity index is 1230. The van der Waals surface area contributed by atoms with Crippen molar-refractivity contribution in [3.63, 3.8) is 0 Å². The molecule has 1 fully saturated rings. The number of esters is 2. The highest BCUT2D eigenvalue weighted by Gasteiger charge is 2.36. The molecule has 3 unspecified atom stereocenters. The van der Waals surface area contributed by atoms with Crippen LogP contribution in [-0.4, -0.2) is 82.2 Å². The minimum Gasteiger partial charge on any atom is -0.756 e. The average molecular weight is 910 g/mol. The molecule has 0 aliphatic carbocycles. The minimum atomic E-state index is -4.64. The summed E-state index contributed by atoms with van der Waals surface area (Å²) in [6.45, 7) is 4.16. The second-order valence-electron chi connectivity index (χ2n) is 18.9. The van der Waals surface area contributed by atoms with E-state index < -0.39 is 32.5 Å². The molecule has 0 amide bonds. The SMILES string of the molecule is CCCCC/C=C\CC1OC1C/C=C\C/C=C\CCCC(=O)OC[C@H](COP(=O)([O-])OCC[N+](C)(C)C)OC(=O)CCCCCCCCCCCCCCCCCCCCCCC. The predicted octanol–water partition coefficient (Wildman–Crippen LogP) is 13.6. The van der Waals surface area contributed by atoms with Crippen LogP contribution >= 0.6 is 7.82 Å². The van der Waals surface area contributed by atoms with Gasteiger partial charge in [-0.2, -0.15) is 0 Å². The van der Waals surface area contributed by atoms with Crippen LogP contribution in [0.2, 0.25) is 0 Å². The number of phosphoric ester groups is 1. The molecule has 0 spiro atoms. The van der Waals surface area contributed by atoms with Crippen LogP contribution in [0.15, 0.2) is 36.5 Å². The molecule has 0 radical (unpaired) electrons. The first kappa shape index (κ1) is 59.2. The predicted molar refractivity (Wildman–Crippen MR) is 258 cm³/mol. The van der Waals surface area contributed by atoms with Crippen LogP contribution in [0.25, 0.3) is 0 Å². The fourth-order valence-electron chi connectivity index (χ4n) is 7.40. The van der Waals surface area contributed by atoms with Gasteiger partial charge in [0, 0.05) is 12.8 Å². The van der Waals surface area contributed by atoms with E-state index in [0.717, 1.165) is 51.4 Å². The first-order valence-electron chi connectivity index (χ1n) is 25.8. The molecule has 10 nitrogen and oxygen atoms in total. The van der Waals surface area contributed by atoms with Gasteiger partial charge in [-0.05, 0) is 51.4 Å². The lowest BCUT2D eigenvalue weighted by Crippen LogP contribution is -2.37. The molecule has 1 aliphatic heterocycles. The highest BCUT2D eigenvalue weighted by molar-refractivity contribution is 7.45. The summed E-state index contributed by atoms with van der Waals surface area (Å²) < 4.78 is 39.8. The van der Waals surface area contributed by atoms with Gasteiger partial charge in [0.25, 0.3) is 7.82 Å². The number of allylic oxidation sites excluding steroid dienone is 4. The number of hydrogen-bond donors (Lipinski definition) is 0. The molecule has 4 atom stereocenters. The topological polar surface area (TPSA) is 124 Å². The van der Waals surface area contributed by atoms with Crippen molar-refractivity contribution in [1.29, 1.82) is 0 Å². The summed E-state index contributed by atoms with van der Waals surface area (Å²) in [5.74, 6) is -0.897. The van der Waals surface area contributed by atoms with Gasteiger partial charge in [0.05, 0.1) is 40.0 Å². The number of rotatable bonds is 46. The van der Waals surface area contributed by atoms with E-state index in [1.54, 1.807) is 0 Å². The van der Waals surface area contributed by atoms with Gasteiger partial charge >= 0.3 is 11.9 Å². The van der Waals surface area contributed by atoms with Gasteiger partial charge in [-0.15, -0.1) is 0 Å². The van der Waals surface area contributed by atoms with Crippen LogP contribution in [0.3, 0.4) is 0 Å². The highest BCUT2D eigenvalue weighted by Crippen LogP contribution is 2.38. The first-order valence-corrected chi connectivity index (χ1v) is 27.3. The number of carbonyl (C=O) groups is 2. The zero-order valence-electron chi connectivity index (χ0n) is 41.2. The number of nitrogens with zero attached hydrogens (tertiary/aromatic N) is 1. The number of ether oxygens (including phenoxy) is 3. The fraction of sp³-hybridized carbons (Fsp3) is 0.846. The number of likely N-dealkylation sites (N-methyl/N-ethyl adjacent to an activating group) is 1. The summed E-state index contributed by atoms with van der Waals surface area (Å²) in [5.41, 5.74) is 0. The van der Waals surface area contributed by atoms with Crippen LogP contribution < -0.4 is 4.89 Å². The maximum absolute atomic E-state index is 12.8. The summed E-state index contributed by atoms with van der Waals surface area (Å²) in [6.07, 6.45) is 49.3. The average Bonchev–Trinajstić information content (AvgIpc) is 4.00. The van der Waals surface area contributed by atoms with Crippen molar-refractivity contribution in [3.05, 3.63) is 36.5 Å². The molecule has 1 aliphatic rings. The van der Waals surface area contributed by atoms with E-state index in [1.807, 2.05) is 21.1 Å². The first-order chi connectivity index (χ1) is 30.5. The van der Waals surface area contributed by atoms with E-state index in [1.165, 1.54) is 128 Å². The normalized spacial score (nSPS) is 16.9. The number of phosphoric acid groups is 1. The second kappa shape index (κ2) is 40.5. The molecule has 0 aromatic carbocycles. The molecule has 0 bridgehead atoms. The monoisotopic (exact) mass is 910 g/mol. The molecule has 0 saturated carbocycles. The Balaban J connectivity index is 2.23. The number of quaternary nitrogens is 1. The number of epoxide rings is 1. The molecule has 0 aromatic rings. The zero-order valence-corrected chi connectivity index (χ0v) is 42.1. The van der Waals surface area contributed by atoms with E-state index in [9.17, 15) is 19.0 Å². The summed E-state index contributed by atoms with van der Waals surface area (Å²) in [5, 5.41) is 0. The van der Waals surface area contributed by atoms with Crippen molar-refractivity contribution < 1.29 is 46.8 Å². The van der Waals surface area contributed by atoms with Crippen LogP contribution in [0.4, 0.5) is 0 Å². The van der Waals surface area contributed by atoms with Crippen LogP contribution in [0, 0.1) is 0 Å². The molecule has 11 heteroatoms. The summed E-state index contributed by atoms with van der Waals surface area (Å²) in [4.78, 5) is 37.7. The zero-order chi connectivity index (χ0) is 46.1. The Kier molecular flexibility index (Phi) is 38.0. The Morgan fingerprint density at radius 1 is 0.571 bits per heavy atom. The van der Waals surface area contributed by atoms with Crippen molar-refractivity contribution in [2.45, 2.75) is 238 Å². The van der Waals surface area contributed by atoms with E-state index in [2.05, 4.69) is 50.3 Å². The van der Waals surface area contributed by atoms with Crippen molar-refractivity contribution in [1.82, 2.24) is 0 Å². The van der Waals surface area contributed by atoms with Gasteiger partial charge in [-0.3, -0.25) is 14.2 Å². The summed E-state index contributed by atoms with van der Waals surface area (Å²) >= 11 is 0. The quantitative estimate of drug-likeness (QED) is 0.0147. The molecular formula is C52H96NO9P. The van der Waals surface area contributed by atoms with Gasteiger partial charge in [-0.1, -0.05) is 192 Å². The van der Waals surface area contributed by atoms with Crippen LogP contribution in [0.5, 0.6) is 0 Å². The third-order valence-corrected chi connectivity index (χ3v) is 12.5. The number of carbonyl (C=O) groups excluding carboxylic acids is 2. The number of hydrogen-bond acceptors (Lipinski definition) is 9. The maximum Gasteiger partial charge on any atom is 0.306 e. The molecular weight excluding hydrogens is 814 g/mol. The van der Waals surface area contributed by atoms with E-state index in [-0.39, 0.29) is 26.1 Å². The molecule has 1 rings (SSSR count). The number of unbranched alkanes of at least 4 members (excludes halogenated alkanes) is 24. The van der Waals surface area contributed by atoms with Crippen LogP contribution in [0.1, 0.15) is 219 Å². The van der Waals surface area contributed by atoms with Crippen LogP contribution in [-0.2, 0) is 37.4 Å². The fourth-order valence-corrected chi connectivity index (χ4v) is 8.12. The van der Waals surface area contributed by atoms with Gasteiger partial charge in [0.2, 0.25) is 0 Å². The Morgan fingerprint density at radius 2 is 1.02 bits per heavy atom. The summed E-state index contributed by atoms with van der Waals surface area (Å²) in [6, 6.07) is 0. The maximum atomic E-state index is 12.8. The Morgan fingerprint density at radius 3 is 1.56 bits per heavy atom. The van der Waals surface area contributed by atoms with Crippen molar-refractivity contribution in [3.8, 4) is 0 Å². The van der Waals surface area contributed by atoms with Crippen molar-refractivity contribution in [2.24, 2.45) is 0 Å². The smallest absolute Gasteiger partial charge is 0.306 e. The lowest BCUT2D eigenvalue weighted by molar-refractivity contribution is -0.870. The van der Waals surface area contributed by atoms with Crippen molar-refractivity contribution >= 4 is 19.8 Å². The summed E-state index contributed by atoms with van der Waals surface area (Å²) in [7, 11) is 1.14. The minimum absolute atomic E-state index is 0.0405. The van der Waals surface area contributed by atoms with E-state index in [4.69, 9.17) is 23.3 Å². The van der Waals surface area contributed by atoms with Gasteiger partial charge in [0.1, 0.15) is 19.8 Å². The molecule has 0 aromatic heterocycles. The molecule has 0 N–H and O–H groups in total. The third kappa shape index (κ3) is 41.4. The largest absolute Gasteiger partial charge is 0.756 e. The standard InChI is InChI=1S/C52H96NO9P/c1-6-8-10-12-14-15-16-17-18-19-20-21-22-23-24-25-26-27-30-35-39-43-52(55)61-48(47-60-63(56,57)59-45-44-53(3,4)5)46-58-51(54)42-38-34-31-28-29-33-37-41-50-49(62-50)40-36-32-13-11-9-7-2/h28,31-33,36-37,48-50H,6-27,29-30,34-35,38-47H2,1-5H3/b31-28-,36-32-,37-33-/t48-,49?,50?/m1/s1. The molecule has 368 valence electrons. The van der Waals surface area contributed by atoms with Crippen molar-refractivity contribution in [2.75, 3.05) is 47.5 Å².